The zero-order chi connectivity index (χ0) is 20.3. The van der Waals surface area contributed by atoms with Gasteiger partial charge in [0, 0.05) is 5.75 Å². The Bertz CT molecular complexity index is 779. The number of thioether (sulfide) groups is 1. The predicted octanol–water partition coefficient (Wildman–Crippen LogP) is 3.12. The highest BCUT2D eigenvalue weighted by molar-refractivity contribution is 8.01. The monoisotopic (exact) mass is 420 g/mol. The minimum Gasteiger partial charge on any atom is -0.299 e. The third-order valence-electron chi connectivity index (χ3n) is 4.81. The highest BCUT2D eigenvalue weighted by atomic mass is 32.2. The van der Waals surface area contributed by atoms with E-state index < -0.39 is 11.9 Å². The number of likely N-dealkylation sites (tertiary alicyclic amines) is 1. The van der Waals surface area contributed by atoms with E-state index in [0.29, 0.717) is 30.1 Å². The number of carbonyl (C=O) groups is 3. The SMILES string of the molecule is C=CCSc1nnc(NC(=O)C(CC(C)C)N2C(=O)C3CC=CCC3C2=O)s1. The maximum absolute atomic E-state index is 13.0. The Morgan fingerprint density at radius 2 is 1.96 bits per heavy atom. The molecule has 1 aliphatic heterocycles. The van der Waals surface area contributed by atoms with Gasteiger partial charge in [-0.3, -0.25) is 24.6 Å². The molecular formula is C19H24N4O3S2. The van der Waals surface area contributed by atoms with E-state index >= 15 is 0 Å². The van der Waals surface area contributed by atoms with E-state index in [0.717, 1.165) is 4.34 Å². The molecule has 3 atom stereocenters. The Morgan fingerprint density at radius 3 is 2.54 bits per heavy atom. The first kappa shape index (κ1) is 20.7. The van der Waals surface area contributed by atoms with Crippen LogP contribution in [-0.4, -0.2) is 44.6 Å². The molecule has 0 aromatic carbocycles. The number of allylic oxidation sites excluding steroid dienone is 2. The number of anilines is 1. The molecule has 0 saturated carbocycles. The fourth-order valence-electron chi connectivity index (χ4n) is 3.55. The number of nitrogens with zero attached hydrogens (tertiary/aromatic N) is 3. The Morgan fingerprint density at radius 1 is 1.32 bits per heavy atom. The predicted molar refractivity (Wildman–Crippen MR) is 110 cm³/mol. The maximum atomic E-state index is 13.0. The molecule has 28 heavy (non-hydrogen) atoms. The van der Waals surface area contributed by atoms with Crippen molar-refractivity contribution in [1.82, 2.24) is 15.1 Å². The summed E-state index contributed by atoms with van der Waals surface area (Å²) in [6.07, 6.45) is 7.17. The Kier molecular flexibility index (Phi) is 6.66. The van der Waals surface area contributed by atoms with Crippen LogP contribution < -0.4 is 5.32 Å². The van der Waals surface area contributed by atoms with Crippen LogP contribution in [0.2, 0.25) is 0 Å². The summed E-state index contributed by atoms with van der Waals surface area (Å²) < 4.78 is 0.723. The van der Waals surface area contributed by atoms with Crippen LogP contribution >= 0.6 is 23.1 Å². The third-order valence-corrected chi connectivity index (χ3v) is 6.78. The van der Waals surface area contributed by atoms with Gasteiger partial charge < -0.3 is 0 Å². The second-order valence-corrected chi connectivity index (χ2v) is 9.55. The molecule has 3 rings (SSSR count). The summed E-state index contributed by atoms with van der Waals surface area (Å²) in [5.74, 6) is -0.707. The van der Waals surface area contributed by atoms with Crippen LogP contribution in [-0.2, 0) is 14.4 Å². The highest BCUT2D eigenvalue weighted by Crippen LogP contribution is 2.37. The molecule has 1 aromatic heterocycles. The van der Waals surface area contributed by atoms with Crippen molar-refractivity contribution < 1.29 is 14.4 Å². The lowest BCUT2D eigenvalue weighted by Gasteiger charge is -2.26. The molecule has 9 heteroatoms. The van der Waals surface area contributed by atoms with Crippen LogP contribution in [0.3, 0.4) is 0 Å². The summed E-state index contributed by atoms with van der Waals surface area (Å²) in [5.41, 5.74) is 0. The number of fused-ring (bicyclic) bond motifs is 1. The molecule has 1 fully saturated rings. The summed E-state index contributed by atoms with van der Waals surface area (Å²) >= 11 is 2.74. The Labute approximate surface area is 172 Å². The summed E-state index contributed by atoms with van der Waals surface area (Å²) in [4.78, 5) is 40.0. The van der Waals surface area contributed by atoms with Crippen LogP contribution in [0.5, 0.6) is 0 Å². The van der Waals surface area contributed by atoms with Gasteiger partial charge in [-0.1, -0.05) is 55.2 Å². The lowest BCUT2D eigenvalue weighted by atomic mass is 9.85. The molecule has 1 N–H and O–H groups in total. The number of imide groups is 1. The molecular weight excluding hydrogens is 396 g/mol. The van der Waals surface area contributed by atoms with Crippen LogP contribution in [0.4, 0.5) is 5.13 Å². The number of amides is 3. The van der Waals surface area contributed by atoms with Crippen molar-refractivity contribution in [2.75, 3.05) is 11.1 Å². The standard InChI is InChI=1S/C19H24N4O3S2/c1-4-9-27-19-22-21-18(28-19)20-15(24)14(10-11(2)3)23-16(25)12-7-5-6-8-13(12)17(23)26/h4-6,11-14H,1,7-10H2,2-3H3,(H,20,21,24). The van der Waals surface area contributed by atoms with Gasteiger partial charge in [-0.05, 0) is 25.2 Å². The molecule has 0 spiro atoms. The fraction of sp³-hybridized carbons (Fsp3) is 0.526. The van der Waals surface area contributed by atoms with E-state index in [4.69, 9.17) is 0 Å². The van der Waals surface area contributed by atoms with Crippen molar-refractivity contribution in [3.63, 3.8) is 0 Å². The first-order valence-electron chi connectivity index (χ1n) is 9.32. The lowest BCUT2D eigenvalue weighted by molar-refractivity contribution is -0.147. The van der Waals surface area contributed by atoms with Gasteiger partial charge in [0.2, 0.25) is 22.9 Å². The van der Waals surface area contributed by atoms with E-state index in [1.165, 1.54) is 28.0 Å². The summed E-state index contributed by atoms with van der Waals surface area (Å²) in [6.45, 7) is 7.60. The third kappa shape index (κ3) is 4.35. The molecule has 2 heterocycles. The Hall–Kier alpha value is -2.00. The van der Waals surface area contributed by atoms with Crippen molar-refractivity contribution in [1.29, 1.82) is 0 Å². The number of rotatable bonds is 8. The highest BCUT2D eigenvalue weighted by Gasteiger charge is 2.51. The molecule has 0 radical (unpaired) electrons. The molecule has 2 aliphatic rings. The average Bonchev–Trinajstić information content (AvgIpc) is 3.21. The van der Waals surface area contributed by atoms with Gasteiger partial charge in [0.05, 0.1) is 11.8 Å². The van der Waals surface area contributed by atoms with Gasteiger partial charge in [0.1, 0.15) is 6.04 Å². The van der Waals surface area contributed by atoms with Crippen molar-refractivity contribution in [3.05, 3.63) is 24.8 Å². The number of nitrogens with one attached hydrogen (secondary N) is 1. The number of hydrogen-bond acceptors (Lipinski definition) is 7. The van der Waals surface area contributed by atoms with Crippen molar-refractivity contribution in [2.45, 2.75) is 43.5 Å². The zero-order valence-corrected chi connectivity index (χ0v) is 17.6. The molecule has 3 amide bonds. The average molecular weight is 421 g/mol. The van der Waals surface area contributed by atoms with Gasteiger partial charge >= 0.3 is 0 Å². The van der Waals surface area contributed by atoms with Gasteiger partial charge in [-0.2, -0.15) is 0 Å². The maximum Gasteiger partial charge on any atom is 0.249 e. The van der Waals surface area contributed by atoms with Crippen LogP contribution in [0.25, 0.3) is 0 Å². The molecule has 7 nitrogen and oxygen atoms in total. The van der Waals surface area contributed by atoms with Gasteiger partial charge in [-0.25, -0.2) is 0 Å². The quantitative estimate of drug-likeness (QED) is 0.301. The molecule has 1 aromatic rings. The smallest absolute Gasteiger partial charge is 0.249 e. The van der Waals surface area contributed by atoms with E-state index in [9.17, 15) is 14.4 Å². The van der Waals surface area contributed by atoms with Crippen LogP contribution in [0.15, 0.2) is 29.1 Å². The summed E-state index contributed by atoms with van der Waals surface area (Å²) in [5, 5.41) is 11.1. The van der Waals surface area contributed by atoms with Crippen molar-refractivity contribution in [3.8, 4) is 0 Å². The second kappa shape index (κ2) is 9.00. The van der Waals surface area contributed by atoms with E-state index in [2.05, 4.69) is 22.1 Å². The molecule has 0 bridgehead atoms. The Balaban J connectivity index is 1.77. The second-order valence-electron chi connectivity index (χ2n) is 7.31. The van der Waals surface area contributed by atoms with Gasteiger partial charge in [-0.15, -0.1) is 16.8 Å². The normalized spacial score (nSPS) is 22.5. The number of aromatic nitrogens is 2. The van der Waals surface area contributed by atoms with E-state index in [-0.39, 0.29) is 29.6 Å². The minimum atomic E-state index is -0.834. The fourth-order valence-corrected chi connectivity index (χ4v) is 5.06. The van der Waals surface area contributed by atoms with E-state index in [1.807, 2.05) is 26.0 Å². The van der Waals surface area contributed by atoms with Gasteiger partial charge in [0.25, 0.3) is 0 Å². The van der Waals surface area contributed by atoms with E-state index in [1.54, 1.807) is 6.08 Å². The first-order valence-corrected chi connectivity index (χ1v) is 11.1. The molecule has 3 unspecified atom stereocenters. The van der Waals surface area contributed by atoms with Gasteiger partial charge in [0.15, 0.2) is 4.34 Å². The molecule has 1 saturated heterocycles. The largest absolute Gasteiger partial charge is 0.299 e. The number of hydrogen-bond donors (Lipinski definition) is 1. The van der Waals surface area contributed by atoms with Crippen molar-refractivity contribution >= 4 is 46.0 Å². The summed E-state index contributed by atoms with van der Waals surface area (Å²) in [7, 11) is 0. The zero-order valence-electron chi connectivity index (χ0n) is 16.0. The van der Waals surface area contributed by atoms with Crippen molar-refractivity contribution in [2.24, 2.45) is 17.8 Å². The number of carbonyl (C=O) groups excluding carboxylic acids is 3. The molecule has 1 aliphatic carbocycles. The summed E-state index contributed by atoms with van der Waals surface area (Å²) in [6, 6.07) is -0.834. The van der Waals surface area contributed by atoms with Crippen LogP contribution in [0, 0.1) is 17.8 Å². The van der Waals surface area contributed by atoms with Crippen LogP contribution in [0.1, 0.15) is 33.1 Å². The molecule has 150 valence electrons. The lowest BCUT2D eigenvalue weighted by Crippen LogP contribution is -2.48. The minimum absolute atomic E-state index is 0.144. The first-order chi connectivity index (χ1) is 13.4. The topological polar surface area (TPSA) is 92.3 Å².